The molecule has 2 aromatic heterocycles. The number of fused-ring (bicyclic) bond motifs is 1. The van der Waals surface area contributed by atoms with E-state index in [2.05, 4.69) is 15.1 Å². The van der Waals surface area contributed by atoms with Gasteiger partial charge in [0.15, 0.2) is 0 Å². The molecule has 1 amide bonds. The zero-order valence-corrected chi connectivity index (χ0v) is 19.2. The lowest BCUT2D eigenvalue weighted by molar-refractivity contribution is 0.0960. The van der Waals surface area contributed by atoms with E-state index in [0.29, 0.717) is 11.4 Å². The Hall–Kier alpha value is -3.01. The highest BCUT2D eigenvalue weighted by Gasteiger charge is 2.17. The van der Waals surface area contributed by atoms with Crippen molar-refractivity contribution in [1.82, 2.24) is 19.8 Å². The average Bonchev–Trinajstić information content (AvgIpc) is 3.35. The molecule has 2 heterocycles. The maximum Gasteiger partial charge on any atom is 0.261 e. The lowest BCUT2D eigenvalue weighted by atomic mass is 10.2. The standard InChI is InChI=1S/C23H24N4O3S2/c1-17-20-14-21(31-23(20)27(26-17)16-19-10-6-3-7-11-19)22(28)24-12-13-32(29,30)25-15-18-8-4-2-5-9-18/h2-11,14,25H,12-13,15-16H2,1H3,(H,24,28). The van der Waals surface area contributed by atoms with E-state index in [1.54, 1.807) is 0 Å². The van der Waals surface area contributed by atoms with Gasteiger partial charge in [0.2, 0.25) is 10.0 Å². The fourth-order valence-corrected chi connectivity index (χ4v) is 5.31. The maximum absolute atomic E-state index is 12.6. The minimum absolute atomic E-state index is 0.0341. The van der Waals surface area contributed by atoms with Crippen LogP contribution in [0.4, 0.5) is 0 Å². The molecular formula is C23H24N4O3S2. The van der Waals surface area contributed by atoms with Gasteiger partial charge >= 0.3 is 0 Å². The van der Waals surface area contributed by atoms with Crippen molar-refractivity contribution < 1.29 is 13.2 Å². The number of hydrogen-bond donors (Lipinski definition) is 2. The number of aromatic nitrogens is 2. The molecule has 0 radical (unpaired) electrons. The first-order chi connectivity index (χ1) is 15.4. The second-order valence-corrected chi connectivity index (χ2v) is 10.4. The third-order valence-electron chi connectivity index (χ3n) is 5.00. The largest absolute Gasteiger partial charge is 0.350 e. The van der Waals surface area contributed by atoms with Crippen molar-refractivity contribution in [2.24, 2.45) is 0 Å². The summed E-state index contributed by atoms with van der Waals surface area (Å²) in [5.74, 6) is -0.466. The molecule has 166 valence electrons. The first-order valence-corrected chi connectivity index (χ1v) is 12.7. The van der Waals surface area contributed by atoms with Crippen LogP contribution in [0.15, 0.2) is 66.7 Å². The van der Waals surface area contributed by atoms with Gasteiger partial charge in [0.25, 0.3) is 5.91 Å². The normalized spacial score (nSPS) is 11.7. The van der Waals surface area contributed by atoms with Crippen LogP contribution in [0.2, 0.25) is 0 Å². The summed E-state index contributed by atoms with van der Waals surface area (Å²) in [5.41, 5.74) is 2.87. The van der Waals surface area contributed by atoms with Crippen LogP contribution in [0.1, 0.15) is 26.5 Å². The summed E-state index contributed by atoms with van der Waals surface area (Å²) < 4.78 is 28.9. The molecule has 0 fully saturated rings. The Labute approximate surface area is 191 Å². The fourth-order valence-electron chi connectivity index (χ4n) is 3.34. The first-order valence-electron chi connectivity index (χ1n) is 10.2. The number of sulfonamides is 1. The average molecular weight is 469 g/mol. The Morgan fingerprint density at radius 2 is 1.69 bits per heavy atom. The van der Waals surface area contributed by atoms with Crippen molar-refractivity contribution in [2.45, 2.75) is 20.0 Å². The second-order valence-electron chi connectivity index (χ2n) is 7.44. The summed E-state index contributed by atoms with van der Waals surface area (Å²) in [5, 5.41) is 8.25. The Balaban J connectivity index is 1.36. The second kappa shape index (κ2) is 9.64. The topological polar surface area (TPSA) is 93.1 Å². The number of nitrogens with one attached hydrogen (secondary N) is 2. The SMILES string of the molecule is Cc1nn(Cc2ccccc2)c2sc(C(=O)NCCS(=O)(=O)NCc3ccccc3)cc12. The van der Waals surface area contributed by atoms with Crippen molar-refractivity contribution in [3.63, 3.8) is 0 Å². The molecule has 0 unspecified atom stereocenters. The fraction of sp³-hybridized carbons (Fsp3) is 0.217. The van der Waals surface area contributed by atoms with Crippen molar-refractivity contribution in [3.8, 4) is 0 Å². The quantitative estimate of drug-likeness (QED) is 0.394. The molecule has 0 atom stereocenters. The van der Waals surface area contributed by atoms with E-state index >= 15 is 0 Å². The Morgan fingerprint density at radius 3 is 2.38 bits per heavy atom. The van der Waals surface area contributed by atoms with Crippen LogP contribution < -0.4 is 10.0 Å². The van der Waals surface area contributed by atoms with Gasteiger partial charge in [0.05, 0.1) is 22.9 Å². The summed E-state index contributed by atoms with van der Waals surface area (Å²) in [6, 6.07) is 21.1. The molecule has 4 rings (SSSR count). The number of thiophene rings is 1. The van der Waals surface area contributed by atoms with Crippen LogP contribution >= 0.6 is 11.3 Å². The number of nitrogens with zero attached hydrogens (tertiary/aromatic N) is 2. The Bertz CT molecular complexity index is 1310. The molecule has 9 heteroatoms. The Kier molecular flexibility index (Phi) is 6.69. The predicted molar refractivity (Wildman–Crippen MR) is 127 cm³/mol. The highest BCUT2D eigenvalue weighted by atomic mass is 32.2. The number of carbonyl (C=O) groups excluding carboxylic acids is 1. The minimum Gasteiger partial charge on any atom is -0.350 e. The van der Waals surface area contributed by atoms with Gasteiger partial charge in [-0.2, -0.15) is 5.10 Å². The van der Waals surface area contributed by atoms with Gasteiger partial charge in [-0.1, -0.05) is 60.7 Å². The summed E-state index contributed by atoms with van der Waals surface area (Å²) in [4.78, 5) is 14.1. The van der Waals surface area contributed by atoms with Crippen LogP contribution in [-0.2, 0) is 23.1 Å². The summed E-state index contributed by atoms with van der Waals surface area (Å²) >= 11 is 1.36. The first kappa shape index (κ1) is 22.2. The minimum atomic E-state index is -3.49. The smallest absolute Gasteiger partial charge is 0.261 e. The number of rotatable bonds is 9. The summed E-state index contributed by atoms with van der Waals surface area (Å²) in [7, 11) is -3.49. The molecule has 7 nitrogen and oxygen atoms in total. The van der Waals surface area contributed by atoms with Gasteiger partial charge in [-0.05, 0) is 24.1 Å². The molecular weight excluding hydrogens is 444 g/mol. The van der Waals surface area contributed by atoms with Crippen LogP contribution in [0, 0.1) is 6.92 Å². The molecule has 2 N–H and O–H groups in total. The van der Waals surface area contributed by atoms with Gasteiger partial charge in [0, 0.05) is 18.5 Å². The Morgan fingerprint density at radius 1 is 1.03 bits per heavy atom. The number of amides is 1. The molecule has 4 aromatic rings. The molecule has 32 heavy (non-hydrogen) atoms. The number of benzene rings is 2. The zero-order valence-electron chi connectivity index (χ0n) is 17.6. The van der Waals surface area contributed by atoms with Gasteiger partial charge in [-0.25, -0.2) is 13.1 Å². The van der Waals surface area contributed by atoms with Crippen LogP contribution in [0.25, 0.3) is 10.2 Å². The van der Waals surface area contributed by atoms with E-state index in [4.69, 9.17) is 0 Å². The zero-order chi connectivity index (χ0) is 22.6. The van der Waals surface area contributed by atoms with Gasteiger partial charge < -0.3 is 5.32 Å². The van der Waals surface area contributed by atoms with Gasteiger partial charge in [-0.3, -0.25) is 9.48 Å². The molecule has 0 saturated heterocycles. The van der Waals surface area contributed by atoms with E-state index in [0.717, 1.165) is 27.0 Å². The van der Waals surface area contributed by atoms with E-state index in [1.165, 1.54) is 11.3 Å². The number of hydrogen-bond acceptors (Lipinski definition) is 5. The third kappa shape index (κ3) is 5.42. The van der Waals surface area contributed by atoms with Crippen LogP contribution in [0.3, 0.4) is 0 Å². The van der Waals surface area contributed by atoms with Gasteiger partial charge in [-0.15, -0.1) is 11.3 Å². The maximum atomic E-state index is 12.6. The van der Waals surface area contributed by atoms with E-state index in [-0.39, 0.29) is 24.7 Å². The van der Waals surface area contributed by atoms with Crippen molar-refractivity contribution in [3.05, 3.63) is 88.4 Å². The summed E-state index contributed by atoms with van der Waals surface area (Å²) in [6.07, 6.45) is 0. The lowest BCUT2D eigenvalue weighted by Crippen LogP contribution is -2.34. The van der Waals surface area contributed by atoms with Crippen molar-refractivity contribution in [1.29, 1.82) is 0 Å². The lowest BCUT2D eigenvalue weighted by Gasteiger charge is -2.07. The van der Waals surface area contributed by atoms with Crippen LogP contribution in [0.5, 0.6) is 0 Å². The molecule has 0 aliphatic heterocycles. The number of carbonyl (C=O) groups is 1. The van der Waals surface area contributed by atoms with E-state index < -0.39 is 10.0 Å². The molecule has 0 aliphatic rings. The van der Waals surface area contributed by atoms with Gasteiger partial charge in [0.1, 0.15) is 4.83 Å². The summed E-state index contributed by atoms with van der Waals surface area (Å²) in [6.45, 7) is 2.80. The van der Waals surface area contributed by atoms with Crippen molar-refractivity contribution in [2.75, 3.05) is 12.3 Å². The van der Waals surface area contributed by atoms with E-state index in [9.17, 15) is 13.2 Å². The predicted octanol–water partition coefficient (Wildman–Crippen LogP) is 3.30. The highest BCUT2D eigenvalue weighted by molar-refractivity contribution is 7.89. The van der Waals surface area contributed by atoms with Crippen LogP contribution in [-0.4, -0.2) is 36.4 Å². The molecule has 0 spiro atoms. The molecule has 2 aromatic carbocycles. The number of aryl methyl sites for hydroxylation is 1. The van der Waals surface area contributed by atoms with E-state index in [1.807, 2.05) is 78.3 Å². The molecule has 0 saturated carbocycles. The highest BCUT2D eigenvalue weighted by Crippen LogP contribution is 2.28. The molecule has 0 aliphatic carbocycles. The third-order valence-corrected chi connectivity index (χ3v) is 7.47. The van der Waals surface area contributed by atoms with Crippen molar-refractivity contribution >= 4 is 37.5 Å². The molecule has 0 bridgehead atoms. The monoisotopic (exact) mass is 468 g/mol.